The summed E-state index contributed by atoms with van der Waals surface area (Å²) in [6.07, 6.45) is 0. The molecule has 0 fully saturated rings. The molecule has 0 saturated carbocycles. The lowest BCUT2D eigenvalue weighted by Gasteiger charge is -2.22. The maximum atomic E-state index is 4.24. The third-order valence-electron chi connectivity index (χ3n) is 2.03. The van der Waals surface area contributed by atoms with E-state index in [9.17, 15) is 0 Å². The standard InChI is InChI=1S/C6H17Si2/c1-7(2,3)8(4,5)6/h1H2,2-6H3/q+1. The Morgan fingerprint density at radius 2 is 1.00 bits per heavy atom. The topological polar surface area (TPSA) is 0 Å². The van der Waals surface area contributed by atoms with Crippen LogP contribution in [0, 0.1) is 6.55 Å². The molecule has 0 amide bonds. The minimum absolute atomic E-state index is 0.831. The summed E-state index contributed by atoms with van der Waals surface area (Å²) in [7, 11) is -1.80. The van der Waals surface area contributed by atoms with Crippen molar-refractivity contribution < 1.29 is 0 Å². The van der Waals surface area contributed by atoms with Crippen LogP contribution < -0.4 is 0 Å². The first-order valence-electron chi connectivity index (χ1n) is 3.10. The molecule has 0 unspecified atom stereocenters. The highest BCUT2D eigenvalue weighted by atomic mass is 29.3. The summed E-state index contributed by atoms with van der Waals surface area (Å²) < 4.78 is 0. The average Bonchev–Trinajstić information content (AvgIpc) is 1.25. The van der Waals surface area contributed by atoms with Crippen molar-refractivity contribution in [3.8, 4) is 0 Å². The van der Waals surface area contributed by atoms with E-state index < -0.39 is 15.2 Å². The summed E-state index contributed by atoms with van der Waals surface area (Å²) in [6, 6.07) is 0. The van der Waals surface area contributed by atoms with Crippen molar-refractivity contribution in [2.24, 2.45) is 0 Å². The zero-order valence-corrected chi connectivity index (χ0v) is 8.71. The lowest BCUT2D eigenvalue weighted by molar-refractivity contribution is 1.75. The van der Waals surface area contributed by atoms with E-state index in [-0.39, 0.29) is 0 Å². The molecule has 2 heteroatoms. The first kappa shape index (κ1) is 8.30. The van der Waals surface area contributed by atoms with Gasteiger partial charge in [-0.15, -0.1) is 0 Å². The van der Waals surface area contributed by atoms with E-state index in [0.29, 0.717) is 0 Å². The van der Waals surface area contributed by atoms with Gasteiger partial charge in [0, 0.05) is 6.55 Å². The molecular formula is C6H17Si2+. The molecule has 0 aliphatic carbocycles. The molecule has 0 aromatic carbocycles. The van der Waals surface area contributed by atoms with Crippen LogP contribution in [0.1, 0.15) is 0 Å². The van der Waals surface area contributed by atoms with Crippen molar-refractivity contribution in [1.29, 1.82) is 0 Å². The van der Waals surface area contributed by atoms with Crippen LogP contribution in [0.2, 0.25) is 32.7 Å². The van der Waals surface area contributed by atoms with E-state index in [4.69, 9.17) is 0 Å². The Morgan fingerprint density at radius 3 is 1.00 bits per heavy atom. The molecule has 0 heterocycles. The lowest BCUT2D eigenvalue weighted by Crippen LogP contribution is -2.50. The molecule has 0 aliphatic rings. The molecule has 0 spiro atoms. The van der Waals surface area contributed by atoms with E-state index >= 15 is 0 Å². The van der Waals surface area contributed by atoms with Gasteiger partial charge < -0.3 is 0 Å². The van der Waals surface area contributed by atoms with Crippen LogP contribution in [0.25, 0.3) is 0 Å². The molecule has 0 aliphatic heterocycles. The molecule has 0 rings (SSSR count). The van der Waals surface area contributed by atoms with Gasteiger partial charge in [0.1, 0.15) is 0 Å². The maximum Gasteiger partial charge on any atom is 0.241 e. The molecule has 0 radical (unpaired) electrons. The quantitative estimate of drug-likeness (QED) is 0.393. The van der Waals surface area contributed by atoms with E-state index in [2.05, 4.69) is 39.3 Å². The maximum absolute atomic E-state index is 4.24. The van der Waals surface area contributed by atoms with Gasteiger partial charge in [-0.05, 0) is 13.1 Å². The minimum atomic E-state index is -0.970. The van der Waals surface area contributed by atoms with Crippen molar-refractivity contribution in [3.05, 3.63) is 6.55 Å². The summed E-state index contributed by atoms with van der Waals surface area (Å²) in [5.74, 6) is 0. The fraction of sp³-hybridized carbons (Fsp3) is 0.833. The Balaban J connectivity index is 4.02. The molecule has 0 atom stereocenters. The van der Waals surface area contributed by atoms with Gasteiger partial charge >= 0.3 is 0 Å². The highest BCUT2D eigenvalue weighted by molar-refractivity contribution is 7.41. The monoisotopic (exact) mass is 145 g/mol. The highest BCUT2D eigenvalue weighted by Gasteiger charge is 2.40. The van der Waals surface area contributed by atoms with Crippen LogP contribution in [0.3, 0.4) is 0 Å². The SMILES string of the molecule is [CH2+][Si](C)(C)[Si](C)(C)C. The molecule has 0 nitrogen and oxygen atoms in total. The molecule has 0 aromatic heterocycles. The van der Waals surface area contributed by atoms with Crippen molar-refractivity contribution in [2.45, 2.75) is 32.7 Å². The Bertz CT molecular complexity index is 61.5. The summed E-state index contributed by atoms with van der Waals surface area (Å²) >= 11 is 0. The predicted octanol–water partition coefficient (Wildman–Crippen LogP) is 2.48. The first-order chi connectivity index (χ1) is 3.25. The fourth-order valence-electron chi connectivity index (χ4n) is 0. The summed E-state index contributed by atoms with van der Waals surface area (Å²) in [4.78, 5) is 0. The van der Waals surface area contributed by atoms with Crippen LogP contribution in [-0.4, -0.2) is 15.2 Å². The fourth-order valence-corrected chi connectivity index (χ4v) is 0. The summed E-state index contributed by atoms with van der Waals surface area (Å²) in [6.45, 7) is 16.2. The Morgan fingerprint density at radius 1 is 0.875 bits per heavy atom. The molecule has 48 valence electrons. The Hall–Kier alpha value is 0.304. The molecule has 0 aromatic rings. The molecule has 0 saturated heterocycles. The average molecular weight is 145 g/mol. The van der Waals surface area contributed by atoms with Crippen molar-refractivity contribution in [3.63, 3.8) is 0 Å². The van der Waals surface area contributed by atoms with Crippen molar-refractivity contribution >= 4 is 15.2 Å². The van der Waals surface area contributed by atoms with Gasteiger partial charge in [-0.3, -0.25) is 0 Å². The minimum Gasteiger partial charge on any atom is -0.0676 e. The van der Waals surface area contributed by atoms with E-state index in [0.717, 1.165) is 0 Å². The van der Waals surface area contributed by atoms with Crippen LogP contribution in [0.4, 0.5) is 0 Å². The van der Waals surface area contributed by atoms with Gasteiger partial charge in [-0.2, -0.15) is 0 Å². The van der Waals surface area contributed by atoms with Gasteiger partial charge in [-0.25, -0.2) is 0 Å². The normalized spacial score (nSPS) is 14.1. The highest BCUT2D eigenvalue weighted by Crippen LogP contribution is 2.16. The van der Waals surface area contributed by atoms with E-state index in [1.165, 1.54) is 0 Å². The van der Waals surface area contributed by atoms with Gasteiger partial charge in [-0.1, -0.05) is 19.6 Å². The second-order valence-corrected chi connectivity index (χ2v) is 21.0. The van der Waals surface area contributed by atoms with Crippen LogP contribution >= 0.6 is 0 Å². The lowest BCUT2D eigenvalue weighted by atomic mass is 11.8. The Labute approximate surface area is 55.1 Å². The van der Waals surface area contributed by atoms with Gasteiger partial charge in [0.2, 0.25) is 7.59 Å². The van der Waals surface area contributed by atoms with E-state index in [1.807, 2.05) is 0 Å². The Kier molecular flexibility index (Phi) is 1.99. The second kappa shape index (κ2) is 1.92. The van der Waals surface area contributed by atoms with Crippen LogP contribution in [0.5, 0.6) is 0 Å². The van der Waals surface area contributed by atoms with Crippen LogP contribution in [0.15, 0.2) is 0 Å². The molecular weight excluding hydrogens is 128 g/mol. The van der Waals surface area contributed by atoms with Crippen molar-refractivity contribution in [2.75, 3.05) is 0 Å². The number of hydrogen-bond donors (Lipinski definition) is 0. The van der Waals surface area contributed by atoms with Crippen LogP contribution in [-0.2, 0) is 0 Å². The second-order valence-electron chi connectivity index (χ2n) is 4.13. The zero-order valence-electron chi connectivity index (χ0n) is 6.71. The molecule has 8 heavy (non-hydrogen) atoms. The third kappa shape index (κ3) is 2.05. The predicted molar refractivity (Wildman–Crippen MR) is 46.2 cm³/mol. The molecule has 0 N–H and O–H groups in total. The summed E-state index contributed by atoms with van der Waals surface area (Å²) in [5, 5.41) is 0. The largest absolute Gasteiger partial charge is 0.241 e. The molecule has 0 bridgehead atoms. The van der Waals surface area contributed by atoms with Gasteiger partial charge in [0.15, 0.2) is 0 Å². The van der Waals surface area contributed by atoms with E-state index in [1.54, 1.807) is 0 Å². The third-order valence-corrected chi connectivity index (χ3v) is 18.3. The van der Waals surface area contributed by atoms with Gasteiger partial charge in [0.05, 0.1) is 7.59 Å². The number of rotatable bonds is 1. The van der Waals surface area contributed by atoms with Gasteiger partial charge in [0.25, 0.3) is 0 Å². The first-order valence-corrected chi connectivity index (χ1v) is 10.8. The zero-order chi connectivity index (χ0) is 7.00. The number of hydrogen-bond acceptors (Lipinski definition) is 0. The summed E-state index contributed by atoms with van der Waals surface area (Å²) in [5.41, 5.74) is 0. The van der Waals surface area contributed by atoms with Crippen molar-refractivity contribution in [1.82, 2.24) is 0 Å². The smallest absolute Gasteiger partial charge is 0.0676 e.